The molecule has 11 rings (SSSR count). The molecule has 0 fully saturated rings. The summed E-state index contributed by atoms with van der Waals surface area (Å²) >= 11 is 0. The molecule has 3 heterocycles. The smallest absolute Gasteiger partial charge is 0.168 e. The van der Waals surface area contributed by atoms with Gasteiger partial charge in [-0.15, -0.1) is 17.5 Å². The van der Waals surface area contributed by atoms with Gasteiger partial charge < -0.3 is 4.57 Å². The Morgan fingerprint density at radius 2 is 1.03 bits per heavy atom. The van der Waals surface area contributed by atoms with Crippen LogP contribution in [0.25, 0.3) is 61.2 Å². The van der Waals surface area contributed by atoms with Gasteiger partial charge in [0, 0.05) is 50.6 Å². The number of rotatable bonds is 8. The van der Waals surface area contributed by atoms with Crippen molar-refractivity contribution in [2.24, 2.45) is 0 Å². The van der Waals surface area contributed by atoms with Crippen LogP contribution in [0.4, 0.5) is 0 Å². The summed E-state index contributed by atoms with van der Waals surface area (Å²) in [7, 11) is -3.11. The number of pyridine rings is 1. The fourth-order valence-corrected chi connectivity index (χ4v) is 13.5. The summed E-state index contributed by atoms with van der Waals surface area (Å²) in [4.78, 5) is 5.01. The predicted molar refractivity (Wildman–Crippen MR) is 246 cm³/mol. The third-order valence-corrected chi connectivity index (χ3v) is 16.2. The van der Waals surface area contributed by atoms with Crippen molar-refractivity contribution in [3.05, 3.63) is 237 Å². The molecule has 288 valence electrons. The molecule has 6 heteroatoms. The van der Waals surface area contributed by atoms with E-state index in [4.69, 9.17) is 4.98 Å². The summed E-state index contributed by atoms with van der Waals surface area (Å²) in [6, 6.07) is 84.2. The Morgan fingerprint density at radius 1 is 0.450 bits per heavy atom. The van der Waals surface area contributed by atoms with Gasteiger partial charge in [0.15, 0.2) is 17.4 Å². The van der Waals surface area contributed by atoms with Gasteiger partial charge in [0.1, 0.15) is 19.6 Å². The minimum Gasteiger partial charge on any atom is -0.319 e. The first-order chi connectivity index (χ1) is 29.3. The second-order valence-corrected chi connectivity index (χ2v) is 18.6. The summed E-state index contributed by atoms with van der Waals surface area (Å²) in [5.41, 5.74) is 8.70. The average Bonchev–Trinajstić information content (AvgIpc) is 3.87. The second kappa shape index (κ2) is 15.7. The Labute approximate surface area is 364 Å². The molecule has 0 N–H and O–H groups in total. The minimum absolute atomic E-state index is 0. The van der Waals surface area contributed by atoms with Crippen LogP contribution in [0.2, 0.25) is 0 Å². The number of para-hydroxylation sites is 4. The van der Waals surface area contributed by atoms with Crippen molar-refractivity contribution in [3.8, 4) is 28.3 Å². The molecular formula is C54H37N4PtSi-. The second-order valence-electron chi connectivity index (χ2n) is 14.9. The molecule has 0 bridgehead atoms. The average molecular weight is 965 g/mol. The van der Waals surface area contributed by atoms with E-state index < -0.39 is 8.07 Å². The Hall–Kier alpha value is -6.91. The fraction of sp³-hybridized carbons (Fsp3) is 0. The van der Waals surface area contributed by atoms with Crippen LogP contribution in [0, 0.1) is 12.1 Å². The molecule has 3 aromatic heterocycles. The van der Waals surface area contributed by atoms with Gasteiger partial charge in [-0.1, -0.05) is 145 Å². The topological polar surface area (TPSA) is 27.7 Å². The molecule has 0 aliphatic heterocycles. The van der Waals surface area contributed by atoms with E-state index in [-0.39, 0.29) is 21.1 Å². The molecule has 0 spiro atoms. The molecule has 0 atom stereocenters. The number of hydrogen-bond donors (Lipinski definition) is 0. The summed E-state index contributed by atoms with van der Waals surface area (Å²) in [6.07, 6.45) is 4.11. The van der Waals surface area contributed by atoms with Gasteiger partial charge in [0.05, 0.1) is 0 Å². The monoisotopic (exact) mass is 964 g/mol. The summed E-state index contributed by atoms with van der Waals surface area (Å²) in [5.74, 6) is 0.859. The molecule has 0 saturated carbocycles. The zero-order valence-corrected chi connectivity index (χ0v) is 35.7. The Bertz CT molecular complexity index is 3230. The number of imidazole rings is 1. The van der Waals surface area contributed by atoms with Crippen LogP contribution in [0.15, 0.2) is 225 Å². The van der Waals surface area contributed by atoms with Gasteiger partial charge in [-0.25, -0.2) is 9.55 Å². The van der Waals surface area contributed by atoms with Gasteiger partial charge in [-0.3, -0.25) is 0 Å². The standard InChI is InChI=1S/C54H37N4Si.Pt/c1-5-18-40(19-6-1)41-34-35-55-54(36-41)58-50-29-14-13-28-48(50)49-33-32-47(38-53(49)58)59(44-23-9-3-10-24-44,45-25-11-4-12-26-45)46-27-17-22-43(37-46)57-39-56(42-20-7-2-8-21-42)51-30-15-16-31-52(51)57;/h1-36,39H;/q-1;. The summed E-state index contributed by atoms with van der Waals surface area (Å²) in [6.45, 7) is 0. The normalized spacial score (nSPS) is 11.5. The van der Waals surface area contributed by atoms with Crippen LogP contribution in [0.1, 0.15) is 0 Å². The van der Waals surface area contributed by atoms with Gasteiger partial charge in [-0.2, -0.15) is 45.3 Å². The third-order valence-electron chi connectivity index (χ3n) is 11.6. The van der Waals surface area contributed by atoms with Crippen molar-refractivity contribution >= 4 is 61.7 Å². The third kappa shape index (κ3) is 6.17. The van der Waals surface area contributed by atoms with Crippen LogP contribution < -0.4 is 20.7 Å². The van der Waals surface area contributed by atoms with Crippen molar-refractivity contribution in [2.75, 3.05) is 0 Å². The van der Waals surface area contributed by atoms with Gasteiger partial charge in [0.2, 0.25) is 0 Å². The zero-order valence-electron chi connectivity index (χ0n) is 32.5. The van der Waals surface area contributed by atoms with Crippen LogP contribution >= 0.6 is 0 Å². The first-order valence-corrected chi connectivity index (χ1v) is 22.0. The molecule has 8 aromatic carbocycles. The molecule has 11 aromatic rings. The number of hydrogen-bond acceptors (Lipinski definition) is 1. The van der Waals surface area contributed by atoms with E-state index in [0.717, 1.165) is 66.1 Å². The minimum atomic E-state index is -3.11. The summed E-state index contributed by atoms with van der Waals surface area (Å²) < 4.78 is 6.83. The Morgan fingerprint density at radius 3 is 1.73 bits per heavy atom. The molecule has 4 nitrogen and oxygen atoms in total. The van der Waals surface area contributed by atoms with E-state index in [0.29, 0.717) is 0 Å². The molecule has 60 heavy (non-hydrogen) atoms. The van der Waals surface area contributed by atoms with E-state index >= 15 is 0 Å². The van der Waals surface area contributed by atoms with Crippen molar-refractivity contribution < 1.29 is 21.1 Å². The van der Waals surface area contributed by atoms with Crippen LogP contribution in [0.3, 0.4) is 0 Å². The molecule has 0 aliphatic rings. The van der Waals surface area contributed by atoms with Gasteiger partial charge in [0.25, 0.3) is 0 Å². The molecule has 0 unspecified atom stereocenters. The molecule has 0 amide bonds. The number of nitrogens with zero attached hydrogens (tertiary/aromatic N) is 4. The molecule has 0 saturated heterocycles. The number of benzene rings is 8. The van der Waals surface area contributed by atoms with Crippen molar-refractivity contribution in [2.45, 2.75) is 0 Å². The maximum atomic E-state index is 5.01. The van der Waals surface area contributed by atoms with Crippen molar-refractivity contribution in [1.82, 2.24) is 18.7 Å². The largest absolute Gasteiger partial charge is 0.319 e. The fourth-order valence-electron chi connectivity index (χ4n) is 8.92. The van der Waals surface area contributed by atoms with Crippen LogP contribution in [-0.2, 0) is 21.1 Å². The van der Waals surface area contributed by atoms with Crippen molar-refractivity contribution in [3.63, 3.8) is 0 Å². The molecule has 0 radical (unpaired) electrons. The maximum absolute atomic E-state index is 5.01. The van der Waals surface area contributed by atoms with Gasteiger partial charge in [-0.05, 0) is 57.2 Å². The first kappa shape index (κ1) is 37.4. The summed E-state index contributed by atoms with van der Waals surface area (Å²) in [5, 5.41) is 7.14. The Kier molecular flexibility index (Phi) is 9.77. The molecule has 0 aliphatic carbocycles. The van der Waals surface area contributed by atoms with E-state index in [1.165, 1.54) is 15.8 Å². The molecular weight excluding hydrogens is 928 g/mol. The van der Waals surface area contributed by atoms with Crippen LogP contribution in [0.5, 0.6) is 0 Å². The van der Waals surface area contributed by atoms with Gasteiger partial charge >= 0.3 is 0 Å². The number of fused-ring (bicyclic) bond motifs is 4. The van der Waals surface area contributed by atoms with Crippen LogP contribution in [-0.4, -0.2) is 26.8 Å². The van der Waals surface area contributed by atoms with Crippen molar-refractivity contribution in [1.29, 1.82) is 0 Å². The number of aromatic nitrogens is 4. The van der Waals surface area contributed by atoms with E-state index in [9.17, 15) is 0 Å². The van der Waals surface area contributed by atoms with E-state index in [1.807, 2.05) is 6.20 Å². The quantitative estimate of drug-likeness (QED) is 0.0848. The zero-order chi connectivity index (χ0) is 39.2. The Balaban J connectivity index is 0.00000433. The maximum Gasteiger partial charge on any atom is 0.168 e. The first-order valence-electron chi connectivity index (χ1n) is 20.0. The predicted octanol–water partition coefficient (Wildman–Crippen LogP) is 9.84. The van der Waals surface area contributed by atoms with E-state index in [1.54, 1.807) is 0 Å². The SMILES string of the molecule is [Pt].[c-]1c(-n2[cH+]n(-c3ccccc3)c3ccccc32)cccc1[Si](c1[c-]c2c(cc1)c1ccccc1n2-c1cc(-c2ccccc2)ccn1)(c1ccccc1)c1ccccc1. The van der Waals surface area contributed by atoms with E-state index in [2.05, 4.69) is 244 Å².